The zero-order valence-electron chi connectivity index (χ0n) is 10.7. The zero-order valence-corrected chi connectivity index (χ0v) is 11.6. The second kappa shape index (κ2) is 6.15. The van der Waals surface area contributed by atoms with E-state index in [9.17, 15) is 12.8 Å². The number of hydrogen-bond acceptors (Lipinski definition) is 4. The van der Waals surface area contributed by atoms with E-state index in [4.69, 9.17) is 4.74 Å². The lowest BCUT2D eigenvalue weighted by Gasteiger charge is -2.19. The van der Waals surface area contributed by atoms with Crippen molar-refractivity contribution in [3.8, 4) is 5.75 Å². The van der Waals surface area contributed by atoms with Crippen molar-refractivity contribution in [3.63, 3.8) is 0 Å². The van der Waals surface area contributed by atoms with Gasteiger partial charge in [0.2, 0.25) is 0 Å². The van der Waals surface area contributed by atoms with Crippen LogP contribution in [-0.4, -0.2) is 34.1 Å². The number of methoxy groups -OCH3 is 1. The molecule has 102 valence electrons. The molecule has 1 unspecified atom stereocenters. The number of nitrogens with one attached hydrogen (secondary N) is 1. The van der Waals surface area contributed by atoms with E-state index in [0.717, 1.165) is 6.26 Å². The summed E-state index contributed by atoms with van der Waals surface area (Å²) in [6.07, 6.45) is 1.13. The van der Waals surface area contributed by atoms with Crippen LogP contribution in [0.3, 0.4) is 0 Å². The van der Waals surface area contributed by atoms with Crippen molar-refractivity contribution < 1.29 is 17.5 Å². The molecule has 1 aromatic rings. The van der Waals surface area contributed by atoms with Crippen LogP contribution in [0.25, 0.3) is 0 Å². The van der Waals surface area contributed by atoms with Crippen LogP contribution < -0.4 is 10.1 Å². The Kier molecular flexibility index (Phi) is 5.10. The Morgan fingerprint density at radius 1 is 1.44 bits per heavy atom. The molecule has 0 spiro atoms. The molecule has 0 aliphatic heterocycles. The standard InChI is InChI=1S/C12H18FNO3S/c1-4-14-10(8-18(3,15)16)9-6-5-7-11(17-2)12(9)13/h5-7,10,14H,4,8H2,1-3H3. The summed E-state index contributed by atoms with van der Waals surface area (Å²) in [7, 11) is -1.82. The minimum atomic E-state index is -3.20. The minimum absolute atomic E-state index is 0.115. The van der Waals surface area contributed by atoms with Crippen LogP contribution in [0, 0.1) is 5.82 Å². The van der Waals surface area contributed by atoms with Crippen LogP contribution in [0.2, 0.25) is 0 Å². The normalized spacial score (nSPS) is 13.3. The Morgan fingerprint density at radius 3 is 2.61 bits per heavy atom. The molecule has 4 nitrogen and oxygen atoms in total. The van der Waals surface area contributed by atoms with Gasteiger partial charge in [0.05, 0.1) is 12.9 Å². The maximum Gasteiger partial charge on any atom is 0.169 e. The maximum atomic E-state index is 14.1. The molecule has 0 aliphatic rings. The molecule has 0 fully saturated rings. The van der Waals surface area contributed by atoms with Crippen LogP contribution in [0.15, 0.2) is 18.2 Å². The molecular weight excluding hydrogens is 257 g/mol. The first-order valence-electron chi connectivity index (χ1n) is 5.62. The molecule has 6 heteroatoms. The lowest BCUT2D eigenvalue weighted by Crippen LogP contribution is -2.28. The summed E-state index contributed by atoms with van der Waals surface area (Å²) >= 11 is 0. The third kappa shape index (κ3) is 3.96. The number of halogens is 1. The smallest absolute Gasteiger partial charge is 0.169 e. The molecule has 1 atom stereocenters. The fourth-order valence-corrected chi connectivity index (χ4v) is 2.67. The van der Waals surface area contributed by atoms with Gasteiger partial charge in [0.25, 0.3) is 0 Å². The van der Waals surface area contributed by atoms with Crippen LogP contribution in [0.1, 0.15) is 18.5 Å². The van der Waals surface area contributed by atoms with Crippen molar-refractivity contribution in [2.45, 2.75) is 13.0 Å². The summed E-state index contributed by atoms with van der Waals surface area (Å²) in [5.74, 6) is -0.552. The predicted molar refractivity (Wildman–Crippen MR) is 69.1 cm³/mol. The van der Waals surface area contributed by atoms with Crippen LogP contribution in [-0.2, 0) is 9.84 Å². The number of ether oxygens (including phenoxy) is 1. The Morgan fingerprint density at radius 2 is 2.11 bits per heavy atom. The van der Waals surface area contributed by atoms with Gasteiger partial charge in [-0.15, -0.1) is 0 Å². The summed E-state index contributed by atoms with van der Waals surface area (Å²) in [6, 6.07) is 4.14. The van der Waals surface area contributed by atoms with E-state index in [-0.39, 0.29) is 11.5 Å². The van der Waals surface area contributed by atoms with E-state index in [0.29, 0.717) is 12.1 Å². The Labute approximate surface area is 107 Å². The highest BCUT2D eigenvalue weighted by molar-refractivity contribution is 7.90. The second-order valence-corrected chi connectivity index (χ2v) is 6.25. The second-order valence-electron chi connectivity index (χ2n) is 4.07. The van der Waals surface area contributed by atoms with Gasteiger partial charge in [-0.05, 0) is 12.6 Å². The van der Waals surface area contributed by atoms with Gasteiger partial charge in [-0.1, -0.05) is 19.1 Å². The molecular formula is C12H18FNO3S. The van der Waals surface area contributed by atoms with E-state index >= 15 is 0 Å². The van der Waals surface area contributed by atoms with Gasteiger partial charge in [-0.2, -0.15) is 0 Å². The molecule has 0 aromatic heterocycles. The molecule has 0 aliphatic carbocycles. The Hall–Kier alpha value is -1.14. The van der Waals surface area contributed by atoms with Crippen LogP contribution in [0.4, 0.5) is 4.39 Å². The Bertz CT molecular complexity index is 502. The van der Waals surface area contributed by atoms with Crippen molar-refractivity contribution in [1.82, 2.24) is 5.32 Å². The highest BCUT2D eigenvalue weighted by Gasteiger charge is 2.21. The third-order valence-electron chi connectivity index (χ3n) is 2.51. The number of sulfone groups is 1. The van der Waals surface area contributed by atoms with Crippen molar-refractivity contribution >= 4 is 9.84 Å². The molecule has 0 saturated heterocycles. The molecule has 1 N–H and O–H groups in total. The van der Waals surface area contributed by atoms with Crippen molar-refractivity contribution in [2.75, 3.05) is 25.7 Å². The zero-order chi connectivity index (χ0) is 13.8. The first-order valence-corrected chi connectivity index (χ1v) is 7.68. The molecule has 0 radical (unpaired) electrons. The van der Waals surface area contributed by atoms with E-state index in [1.807, 2.05) is 6.92 Å². The first kappa shape index (κ1) is 14.9. The summed E-state index contributed by atoms with van der Waals surface area (Å²) in [5, 5.41) is 2.97. The van der Waals surface area contributed by atoms with E-state index in [2.05, 4.69) is 5.32 Å². The number of hydrogen-bond donors (Lipinski definition) is 1. The summed E-state index contributed by atoms with van der Waals surface area (Å²) in [5.41, 5.74) is 0.307. The monoisotopic (exact) mass is 275 g/mol. The molecule has 0 saturated carbocycles. The SMILES string of the molecule is CCNC(CS(C)(=O)=O)c1cccc(OC)c1F. The number of benzene rings is 1. The topological polar surface area (TPSA) is 55.4 Å². The lowest BCUT2D eigenvalue weighted by atomic mass is 10.1. The summed E-state index contributed by atoms with van der Waals surface area (Å²) < 4.78 is 41.7. The van der Waals surface area contributed by atoms with Gasteiger partial charge < -0.3 is 10.1 Å². The van der Waals surface area contributed by atoms with Gasteiger partial charge in [-0.3, -0.25) is 0 Å². The fraction of sp³-hybridized carbons (Fsp3) is 0.500. The van der Waals surface area contributed by atoms with Gasteiger partial charge in [-0.25, -0.2) is 12.8 Å². The summed E-state index contributed by atoms with van der Waals surface area (Å²) in [4.78, 5) is 0. The summed E-state index contributed by atoms with van der Waals surface area (Å²) in [6.45, 7) is 2.39. The van der Waals surface area contributed by atoms with E-state index in [1.54, 1.807) is 12.1 Å². The van der Waals surface area contributed by atoms with Crippen LogP contribution >= 0.6 is 0 Å². The average molecular weight is 275 g/mol. The van der Waals surface area contributed by atoms with Gasteiger partial charge >= 0.3 is 0 Å². The van der Waals surface area contributed by atoms with Crippen molar-refractivity contribution in [2.24, 2.45) is 0 Å². The largest absolute Gasteiger partial charge is 0.494 e. The first-order chi connectivity index (χ1) is 8.39. The molecule has 18 heavy (non-hydrogen) atoms. The molecule has 1 rings (SSSR count). The minimum Gasteiger partial charge on any atom is -0.494 e. The van der Waals surface area contributed by atoms with E-state index < -0.39 is 21.7 Å². The molecule has 0 amide bonds. The van der Waals surface area contributed by atoms with Gasteiger partial charge in [0.1, 0.15) is 9.84 Å². The van der Waals surface area contributed by atoms with E-state index in [1.165, 1.54) is 13.2 Å². The van der Waals surface area contributed by atoms with Crippen LogP contribution in [0.5, 0.6) is 5.75 Å². The van der Waals surface area contributed by atoms with Gasteiger partial charge in [0.15, 0.2) is 11.6 Å². The van der Waals surface area contributed by atoms with Crippen molar-refractivity contribution in [3.05, 3.63) is 29.6 Å². The van der Waals surface area contributed by atoms with Gasteiger partial charge in [0, 0.05) is 17.9 Å². The number of rotatable bonds is 6. The third-order valence-corrected chi connectivity index (χ3v) is 3.45. The highest BCUT2D eigenvalue weighted by atomic mass is 32.2. The molecule has 0 heterocycles. The highest BCUT2D eigenvalue weighted by Crippen LogP contribution is 2.25. The average Bonchev–Trinajstić information content (AvgIpc) is 2.27. The predicted octanol–water partition coefficient (Wildman–Crippen LogP) is 1.53. The molecule has 0 bridgehead atoms. The van der Waals surface area contributed by atoms with Crippen molar-refractivity contribution in [1.29, 1.82) is 0 Å². The quantitative estimate of drug-likeness (QED) is 0.855. The Balaban J connectivity index is 3.13. The maximum absolute atomic E-state index is 14.1. The lowest BCUT2D eigenvalue weighted by molar-refractivity contribution is 0.381. The fourth-order valence-electron chi connectivity index (χ4n) is 1.76. The molecule has 1 aromatic carbocycles.